The molecule has 2 rings (SSSR count). The smallest absolute Gasteiger partial charge is 0.144 e. The molecule has 4 nitrogen and oxygen atoms in total. The van der Waals surface area contributed by atoms with Crippen molar-refractivity contribution < 1.29 is 9.47 Å². The van der Waals surface area contributed by atoms with Crippen LogP contribution in [0.5, 0.6) is 11.5 Å². The van der Waals surface area contributed by atoms with E-state index in [0.29, 0.717) is 18.0 Å². The fraction of sp³-hybridized carbons (Fsp3) is 0.294. The first kappa shape index (κ1) is 15.0. The van der Waals surface area contributed by atoms with Crippen LogP contribution in [0.4, 0.5) is 17.1 Å². The van der Waals surface area contributed by atoms with Crippen LogP contribution in [0.25, 0.3) is 0 Å². The summed E-state index contributed by atoms with van der Waals surface area (Å²) in [4.78, 5) is 0. The Morgan fingerprint density at radius 2 is 1.81 bits per heavy atom. The van der Waals surface area contributed by atoms with Gasteiger partial charge in [0.1, 0.15) is 11.5 Å². The van der Waals surface area contributed by atoms with Crippen molar-refractivity contribution in [3.63, 3.8) is 0 Å². The number of hydrogen-bond donors (Lipinski definition) is 2. The second kappa shape index (κ2) is 6.88. The second-order valence-electron chi connectivity index (χ2n) is 4.97. The van der Waals surface area contributed by atoms with Gasteiger partial charge < -0.3 is 20.5 Å². The monoisotopic (exact) mass is 286 g/mol. The summed E-state index contributed by atoms with van der Waals surface area (Å²) in [5, 5.41) is 3.29. The minimum Gasteiger partial charge on any atom is -0.492 e. The molecule has 0 saturated heterocycles. The Morgan fingerprint density at radius 1 is 1.10 bits per heavy atom. The van der Waals surface area contributed by atoms with E-state index < -0.39 is 0 Å². The van der Waals surface area contributed by atoms with E-state index in [2.05, 4.69) is 5.32 Å². The summed E-state index contributed by atoms with van der Waals surface area (Å²) in [6, 6.07) is 13.5. The molecule has 2 aromatic carbocycles. The predicted molar refractivity (Wildman–Crippen MR) is 87.5 cm³/mol. The standard InChI is InChI=1S/C17H22N2O2/c1-4-20-16-7-5-6-15(17(16)18)19-13-8-10-14(11-9-13)21-12(2)3/h5-12,19H,4,18H2,1-3H3. The van der Waals surface area contributed by atoms with E-state index in [1.54, 1.807) is 0 Å². The Balaban J connectivity index is 2.13. The van der Waals surface area contributed by atoms with E-state index in [-0.39, 0.29) is 6.10 Å². The van der Waals surface area contributed by atoms with Crippen molar-refractivity contribution in [3.05, 3.63) is 42.5 Å². The Hall–Kier alpha value is -2.36. The van der Waals surface area contributed by atoms with Crippen molar-refractivity contribution in [1.29, 1.82) is 0 Å². The quantitative estimate of drug-likeness (QED) is 0.781. The topological polar surface area (TPSA) is 56.5 Å². The van der Waals surface area contributed by atoms with Gasteiger partial charge in [0.2, 0.25) is 0 Å². The molecule has 4 heteroatoms. The fourth-order valence-electron chi connectivity index (χ4n) is 1.98. The molecule has 0 aliphatic rings. The first-order valence-corrected chi connectivity index (χ1v) is 7.15. The third-order valence-electron chi connectivity index (χ3n) is 2.87. The summed E-state index contributed by atoms with van der Waals surface area (Å²) < 4.78 is 11.1. The Kier molecular flexibility index (Phi) is 4.93. The van der Waals surface area contributed by atoms with Crippen LogP contribution in [0, 0.1) is 0 Å². The molecule has 0 aliphatic carbocycles. The summed E-state index contributed by atoms with van der Waals surface area (Å²) in [6.07, 6.45) is 0.169. The van der Waals surface area contributed by atoms with Gasteiger partial charge in [-0.15, -0.1) is 0 Å². The molecule has 0 aliphatic heterocycles. The van der Waals surface area contributed by atoms with Crippen LogP contribution in [0.1, 0.15) is 20.8 Å². The number of benzene rings is 2. The molecular formula is C17H22N2O2. The number of para-hydroxylation sites is 1. The van der Waals surface area contributed by atoms with Gasteiger partial charge in [-0.05, 0) is 57.2 Å². The van der Waals surface area contributed by atoms with Gasteiger partial charge in [0.15, 0.2) is 0 Å². The summed E-state index contributed by atoms with van der Waals surface area (Å²) in [5.41, 5.74) is 8.50. The van der Waals surface area contributed by atoms with E-state index >= 15 is 0 Å². The minimum absolute atomic E-state index is 0.169. The Bertz CT molecular complexity index is 580. The molecule has 0 aromatic heterocycles. The third kappa shape index (κ3) is 4.05. The van der Waals surface area contributed by atoms with Gasteiger partial charge in [-0.1, -0.05) is 6.07 Å². The van der Waals surface area contributed by atoms with Crippen LogP contribution < -0.4 is 20.5 Å². The van der Waals surface area contributed by atoms with E-state index in [9.17, 15) is 0 Å². The zero-order valence-electron chi connectivity index (χ0n) is 12.7. The second-order valence-corrected chi connectivity index (χ2v) is 4.97. The van der Waals surface area contributed by atoms with Crippen LogP contribution in [-0.4, -0.2) is 12.7 Å². The number of nitrogens with two attached hydrogens (primary N) is 1. The lowest BCUT2D eigenvalue weighted by molar-refractivity contribution is 0.242. The molecule has 0 bridgehead atoms. The van der Waals surface area contributed by atoms with Gasteiger partial charge in [0, 0.05) is 5.69 Å². The minimum atomic E-state index is 0.169. The lowest BCUT2D eigenvalue weighted by atomic mass is 10.2. The van der Waals surface area contributed by atoms with Crippen molar-refractivity contribution in [1.82, 2.24) is 0 Å². The lowest BCUT2D eigenvalue weighted by Crippen LogP contribution is -2.05. The van der Waals surface area contributed by atoms with Crippen molar-refractivity contribution in [2.45, 2.75) is 26.9 Å². The highest BCUT2D eigenvalue weighted by Gasteiger charge is 2.06. The van der Waals surface area contributed by atoms with Crippen LogP contribution in [0.15, 0.2) is 42.5 Å². The number of anilines is 3. The molecule has 0 fully saturated rings. The highest BCUT2D eigenvalue weighted by molar-refractivity contribution is 5.77. The van der Waals surface area contributed by atoms with Crippen LogP contribution in [0.3, 0.4) is 0 Å². The number of rotatable bonds is 6. The van der Waals surface area contributed by atoms with Gasteiger partial charge in [-0.3, -0.25) is 0 Å². The maximum absolute atomic E-state index is 6.10. The number of nitrogens with one attached hydrogen (secondary N) is 1. The van der Waals surface area contributed by atoms with Crippen molar-refractivity contribution >= 4 is 17.1 Å². The summed E-state index contributed by atoms with van der Waals surface area (Å²) in [7, 11) is 0. The average molecular weight is 286 g/mol. The molecular weight excluding hydrogens is 264 g/mol. The van der Waals surface area contributed by atoms with Gasteiger partial charge in [-0.25, -0.2) is 0 Å². The molecule has 0 heterocycles. The first-order chi connectivity index (χ1) is 10.1. The summed E-state index contributed by atoms with van der Waals surface area (Å²) in [6.45, 7) is 6.54. The zero-order chi connectivity index (χ0) is 15.2. The van der Waals surface area contributed by atoms with Crippen LogP contribution >= 0.6 is 0 Å². The predicted octanol–water partition coefficient (Wildman–Crippen LogP) is 4.20. The maximum Gasteiger partial charge on any atom is 0.144 e. The molecule has 112 valence electrons. The van der Waals surface area contributed by atoms with Gasteiger partial charge in [-0.2, -0.15) is 0 Å². The molecule has 0 spiro atoms. The molecule has 3 N–H and O–H groups in total. The molecule has 0 unspecified atom stereocenters. The molecule has 0 radical (unpaired) electrons. The van der Waals surface area contributed by atoms with Crippen molar-refractivity contribution in [2.24, 2.45) is 0 Å². The van der Waals surface area contributed by atoms with E-state index in [1.165, 1.54) is 0 Å². The largest absolute Gasteiger partial charge is 0.492 e. The maximum atomic E-state index is 6.10. The summed E-state index contributed by atoms with van der Waals surface area (Å²) in [5.74, 6) is 1.55. The van der Waals surface area contributed by atoms with Gasteiger partial charge in [0.05, 0.1) is 24.1 Å². The van der Waals surface area contributed by atoms with E-state index in [0.717, 1.165) is 17.1 Å². The normalized spacial score (nSPS) is 10.5. The molecule has 0 saturated carbocycles. The van der Waals surface area contributed by atoms with Crippen LogP contribution in [0.2, 0.25) is 0 Å². The van der Waals surface area contributed by atoms with E-state index in [4.69, 9.17) is 15.2 Å². The fourth-order valence-corrected chi connectivity index (χ4v) is 1.98. The van der Waals surface area contributed by atoms with Crippen molar-refractivity contribution in [2.75, 3.05) is 17.7 Å². The SMILES string of the molecule is CCOc1cccc(Nc2ccc(OC(C)C)cc2)c1N. The highest BCUT2D eigenvalue weighted by Crippen LogP contribution is 2.32. The molecule has 2 aromatic rings. The number of ether oxygens (including phenoxy) is 2. The first-order valence-electron chi connectivity index (χ1n) is 7.15. The average Bonchev–Trinajstić information content (AvgIpc) is 2.45. The molecule has 0 amide bonds. The van der Waals surface area contributed by atoms with Crippen LogP contribution in [-0.2, 0) is 0 Å². The van der Waals surface area contributed by atoms with E-state index in [1.807, 2.05) is 63.2 Å². The Morgan fingerprint density at radius 3 is 2.43 bits per heavy atom. The van der Waals surface area contributed by atoms with Gasteiger partial charge >= 0.3 is 0 Å². The number of hydrogen-bond acceptors (Lipinski definition) is 4. The van der Waals surface area contributed by atoms with Gasteiger partial charge in [0.25, 0.3) is 0 Å². The number of nitrogen functional groups attached to an aromatic ring is 1. The van der Waals surface area contributed by atoms with Crippen molar-refractivity contribution in [3.8, 4) is 11.5 Å². The lowest BCUT2D eigenvalue weighted by Gasteiger charge is -2.14. The highest BCUT2D eigenvalue weighted by atomic mass is 16.5. The Labute approximate surface area is 125 Å². The zero-order valence-corrected chi connectivity index (χ0v) is 12.7. The third-order valence-corrected chi connectivity index (χ3v) is 2.87. The molecule has 0 atom stereocenters. The molecule has 21 heavy (non-hydrogen) atoms. The summed E-state index contributed by atoms with van der Waals surface area (Å²) >= 11 is 0.